The lowest BCUT2D eigenvalue weighted by Gasteiger charge is -2.28. The maximum Gasteiger partial charge on any atom is 0.224 e. The highest BCUT2D eigenvalue weighted by Crippen LogP contribution is 2.26. The zero-order chi connectivity index (χ0) is 21.6. The molecule has 31 heavy (non-hydrogen) atoms. The fourth-order valence-corrected chi connectivity index (χ4v) is 4.23. The lowest BCUT2D eigenvalue weighted by atomic mass is 9.94. The van der Waals surface area contributed by atoms with Crippen LogP contribution in [-0.4, -0.2) is 47.3 Å². The van der Waals surface area contributed by atoms with Crippen molar-refractivity contribution in [2.45, 2.75) is 25.7 Å². The van der Waals surface area contributed by atoms with Gasteiger partial charge in [0.15, 0.2) is 0 Å². The molecule has 5 nitrogen and oxygen atoms in total. The molecule has 1 N–H and O–H groups in total. The van der Waals surface area contributed by atoms with Crippen molar-refractivity contribution >= 4 is 17.5 Å². The van der Waals surface area contributed by atoms with Crippen molar-refractivity contribution in [1.29, 1.82) is 0 Å². The van der Waals surface area contributed by atoms with Crippen LogP contribution in [0.15, 0.2) is 60.8 Å². The molecular formula is C25H29ClN4O. The van der Waals surface area contributed by atoms with Gasteiger partial charge in [-0.3, -0.25) is 4.79 Å². The molecule has 0 bridgehead atoms. The van der Waals surface area contributed by atoms with Gasteiger partial charge in [-0.2, -0.15) is 5.10 Å². The highest BCUT2D eigenvalue weighted by Gasteiger charge is 2.18. The van der Waals surface area contributed by atoms with Crippen molar-refractivity contribution in [3.63, 3.8) is 0 Å². The third-order valence-corrected chi connectivity index (χ3v) is 6.24. The van der Waals surface area contributed by atoms with Gasteiger partial charge >= 0.3 is 0 Å². The van der Waals surface area contributed by atoms with Crippen molar-refractivity contribution < 1.29 is 4.79 Å². The van der Waals surface area contributed by atoms with Gasteiger partial charge in [0, 0.05) is 28.9 Å². The number of hydrogen-bond acceptors (Lipinski definition) is 3. The Balaban J connectivity index is 1.45. The van der Waals surface area contributed by atoms with Crippen LogP contribution in [0.3, 0.4) is 0 Å². The van der Waals surface area contributed by atoms with Crippen LogP contribution in [0.5, 0.6) is 0 Å². The van der Waals surface area contributed by atoms with Gasteiger partial charge in [0.2, 0.25) is 5.91 Å². The summed E-state index contributed by atoms with van der Waals surface area (Å²) in [7, 11) is 2.17. The van der Waals surface area contributed by atoms with E-state index in [-0.39, 0.29) is 5.91 Å². The van der Waals surface area contributed by atoms with Gasteiger partial charge in [-0.05, 0) is 69.6 Å². The smallest absolute Gasteiger partial charge is 0.224 e. The lowest BCUT2D eigenvalue weighted by molar-refractivity contribution is -0.120. The van der Waals surface area contributed by atoms with Crippen molar-refractivity contribution in [3.05, 3.63) is 71.4 Å². The number of hydrogen-bond donors (Lipinski definition) is 1. The number of carbonyl (C=O) groups is 1. The second kappa shape index (κ2) is 10.1. The van der Waals surface area contributed by atoms with Crippen LogP contribution in [0.2, 0.25) is 5.02 Å². The van der Waals surface area contributed by atoms with Gasteiger partial charge < -0.3 is 10.2 Å². The first-order chi connectivity index (χ1) is 15.1. The highest BCUT2D eigenvalue weighted by atomic mass is 35.5. The predicted molar refractivity (Wildman–Crippen MR) is 126 cm³/mol. The summed E-state index contributed by atoms with van der Waals surface area (Å²) in [5.74, 6) is 0.748. The van der Waals surface area contributed by atoms with E-state index in [1.165, 1.54) is 12.8 Å². The summed E-state index contributed by atoms with van der Waals surface area (Å²) >= 11 is 6.06. The lowest BCUT2D eigenvalue weighted by Crippen LogP contribution is -2.33. The second-order valence-corrected chi connectivity index (χ2v) is 8.79. The number of piperidine rings is 1. The fourth-order valence-electron chi connectivity index (χ4n) is 4.10. The normalized spacial score (nSPS) is 15.2. The Hall–Kier alpha value is -2.63. The third-order valence-electron chi connectivity index (χ3n) is 5.99. The Morgan fingerprint density at radius 2 is 1.81 bits per heavy atom. The minimum atomic E-state index is 0.0377. The van der Waals surface area contributed by atoms with Crippen LogP contribution in [-0.2, 0) is 11.2 Å². The monoisotopic (exact) mass is 436 g/mol. The molecule has 2 aromatic carbocycles. The Morgan fingerprint density at radius 1 is 1.10 bits per heavy atom. The second-order valence-electron chi connectivity index (χ2n) is 8.35. The number of para-hydroxylation sites is 1. The maximum atomic E-state index is 12.7. The first-order valence-corrected chi connectivity index (χ1v) is 11.3. The molecule has 1 fully saturated rings. The molecule has 6 heteroatoms. The molecule has 0 radical (unpaired) electrons. The van der Waals surface area contributed by atoms with E-state index in [4.69, 9.17) is 16.7 Å². The van der Waals surface area contributed by atoms with Crippen molar-refractivity contribution in [1.82, 2.24) is 20.0 Å². The van der Waals surface area contributed by atoms with Gasteiger partial charge in [-0.1, -0.05) is 41.9 Å². The molecule has 0 spiro atoms. The molecule has 0 aliphatic carbocycles. The van der Waals surface area contributed by atoms with Crippen LogP contribution in [0.25, 0.3) is 16.9 Å². The summed E-state index contributed by atoms with van der Waals surface area (Å²) < 4.78 is 1.84. The average molecular weight is 437 g/mol. The maximum absolute atomic E-state index is 12.7. The van der Waals surface area contributed by atoms with Crippen molar-refractivity contribution in [2.24, 2.45) is 5.92 Å². The largest absolute Gasteiger partial charge is 0.356 e. The van der Waals surface area contributed by atoms with E-state index in [1.54, 1.807) is 0 Å². The molecule has 0 saturated carbocycles. The molecule has 1 saturated heterocycles. The van der Waals surface area contributed by atoms with Crippen LogP contribution >= 0.6 is 11.6 Å². The standard InChI is InChI=1S/C25H29ClN4O/c1-29-15-12-19(13-16-29)11-14-27-24(31)17-21-18-30(23-5-3-2-4-6-23)28-25(21)20-7-9-22(26)10-8-20/h2-10,18-19H,11-17H2,1H3,(H,27,31). The molecular weight excluding hydrogens is 408 g/mol. The molecule has 2 heterocycles. The van der Waals surface area contributed by atoms with E-state index in [2.05, 4.69) is 17.3 Å². The number of nitrogens with zero attached hydrogens (tertiary/aromatic N) is 3. The number of nitrogens with one attached hydrogen (secondary N) is 1. The number of likely N-dealkylation sites (tertiary alicyclic amines) is 1. The molecule has 0 atom stereocenters. The molecule has 3 aromatic rings. The highest BCUT2D eigenvalue weighted by molar-refractivity contribution is 6.30. The quantitative estimate of drug-likeness (QED) is 0.589. The minimum Gasteiger partial charge on any atom is -0.356 e. The number of halogens is 1. The molecule has 1 amide bonds. The van der Waals surface area contributed by atoms with Gasteiger partial charge in [-0.25, -0.2) is 4.68 Å². The molecule has 0 unspecified atom stereocenters. The molecule has 1 aliphatic rings. The number of rotatable bonds is 7. The zero-order valence-electron chi connectivity index (χ0n) is 17.9. The summed E-state index contributed by atoms with van der Waals surface area (Å²) in [6, 6.07) is 17.5. The number of benzene rings is 2. The van der Waals surface area contributed by atoms with E-state index in [0.717, 1.165) is 48.6 Å². The van der Waals surface area contributed by atoms with E-state index >= 15 is 0 Å². The van der Waals surface area contributed by atoms with Crippen molar-refractivity contribution in [3.8, 4) is 16.9 Å². The van der Waals surface area contributed by atoms with E-state index in [0.29, 0.717) is 17.4 Å². The molecule has 4 rings (SSSR count). The van der Waals surface area contributed by atoms with E-state index in [1.807, 2.05) is 65.5 Å². The summed E-state index contributed by atoms with van der Waals surface area (Å²) in [6.07, 6.45) is 5.74. The Morgan fingerprint density at radius 3 is 2.52 bits per heavy atom. The summed E-state index contributed by atoms with van der Waals surface area (Å²) in [5.41, 5.74) is 3.63. The fraction of sp³-hybridized carbons (Fsp3) is 0.360. The van der Waals surface area contributed by atoms with Gasteiger partial charge in [0.25, 0.3) is 0 Å². The Bertz CT molecular complexity index is 992. The average Bonchev–Trinajstić information content (AvgIpc) is 3.20. The number of carbonyl (C=O) groups excluding carboxylic acids is 1. The first kappa shape index (κ1) is 21.6. The van der Waals surface area contributed by atoms with E-state index in [9.17, 15) is 4.79 Å². The molecule has 1 aliphatic heterocycles. The Kier molecular flexibility index (Phi) is 7.05. The van der Waals surface area contributed by atoms with Gasteiger partial charge in [0.05, 0.1) is 17.8 Å². The van der Waals surface area contributed by atoms with Crippen LogP contribution < -0.4 is 5.32 Å². The molecule has 162 valence electrons. The van der Waals surface area contributed by atoms with Crippen molar-refractivity contribution in [2.75, 3.05) is 26.7 Å². The summed E-state index contributed by atoms with van der Waals surface area (Å²) in [5, 5.41) is 8.58. The van der Waals surface area contributed by atoms with Gasteiger partial charge in [-0.15, -0.1) is 0 Å². The molecule has 1 aromatic heterocycles. The first-order valence-electron chi connectivity index (χ1n) is 10.9. The topological polar surface area (TPSA) is 50.2 Å². The SMILES string of the molecule is CN1CCC(CCNC(=O)Cc2cn(-c3ccccc3)nc2-c2ccc(Cl)cc2)CC1. The number of amides is 1. The van der Waals surface area contributed by atoms with Crippen LogP contribution in [0, 0.1) is 5.92 Å². The minimum absolute atomic E-state index is 0.0377. The number of aromatic nitrogens is 2. The predicted octanol–water partition coefficient (Wildman–Crippen LogP) is 4.58. The van der Waals surface area contributed by atoms with E-state index < -0.39 is 0 Å². The Labute approximate surface area is 189 Å². The summed E-state index contributed by atoms with van der Waals surface area (Å²) in [4.78, 5) is 15.1. The van der Waals surface area contributed by atoms with Crippen LogP contribution in [0.1, 0.15) is 24.8 Å². The third kappa shape index (κ3) is 5.75. The van der Waals surface area contributed by atoms with Crippen LogP contribution in [0.4, 0.5) is 0 Å². The van der Waals surface area contributed by atoms with Gasteiger partial charge in [0.1, 0.15) is 0 Å². The summed E-state index contributed by atoms with van der Waals surface area (Å²) in [6.45, 7) is 3.04. The zero-order valence-corrected chi connectivity index (χ0v) is 18.7.